The maximum atomic E-state index is 12.6. The zero-order valence-electron chi connectivity index (χ0n) is 16.0. The average Bonchev–Trinajstić information content (AvgIpc) is 3.44. The number of methoxy groups -OCH3 is 1. The minimum Gasteiger partial charge on any atom is -0.496 e. The number of ether oxygens (including phenoxy) is 1. The predicted octanol–water partition coefficient (Wildman–Crippen LogP) is 3.63. The molecule has 2 aromatic heterocycles. The summed E-state index contributed by atoms with van der Waals surface area (Å²) in [6.45, 7) is 2.06. The lowest BCUT2D eigenvalue weighted by Gasteiger charge is -2.30. The first-order valence-corrected chi connectivity index (χ1v) is 11.1. The molecule has 29 heavy (non-hydrogen) atoms. The third-order valence-electron chi connectivity index (χ3n) is 5.06. The highest BCUT2D eigenvalue weighted by molar-refractivity contribution is 9.10. The average molecular weight is 476 g/mol. The van der Waals surface area contributed by atoms with Crippen LogP contribution in [-0.4, -0.2) is 40.9 Å². The molecule has 1 saturated heterocycles. The van der Waals surface area contributed by atoms with Crippen molar-refractivity contribution in [3.8, 4) is 10.9 Å². The fourth-order valence-corrected chi connectivity index (χ4v) is 4.72. The number of nitrogens with zero attached hydrogens (tertiary/aromatic N) is 4. The van der Waals surface area contributed by atoms with Crippen LogP contribution >= 0.6 is 27.3 Å². The zero-order valence-corrected chi connectivity index (χ0v) is 18.4. The molecule has 0 saturated carbocycles. The number of hydrogen-bond acceptors (Lipinski definition) is 6. The molecule has 1 aliphatic heterocycles. The number of hydrogen-bond donors (Lipinski definition) is 1. The van der Waals surface area contributed by atoms with Crippen molar-refractivity contribution in [3.63, 3.8) is 0 Å². The van der Waals surface area contributed by atoms with Crippen LogP contribution < -0.4 is 15.0 Å². The molecule has 1 amide bonds. The predicted molar refractivity (Wildman–Crippen MR) is 117 cm³/mol. The van der Waals surface area contributed by atoms with Crippen molar-refractivity contribution in [2.75, 3.05) is 25.1 Å². The van der Waals surface area contributed by atoms with Crippen molar-refractivity contribution in [1.29, 1.82) is 0 Å². The normalized spacial score (nSPS) is 14.8. The summed E-state index contributed by atoms with van der Waals surface area (Å²) in [4.78, 5) is 14.9. The molecule has 1 aliphatic rings. The van der Waals surface area contributed by atoms with Crippen LogP contribution in [0.15, 0.2) is 47.2 Å². The zero-order chi connectivity index (χ0) is 20.2. The van der Waals surface area contributed by atoms with Crippen LogP contribution in [0.25, 0.3) is 5.13 Å². The van der Waals surface area contributed by atoms with Crippen molar-refractivity contribution >= 4 is 38.3 Å². The van der Waals surface area contributed by atoms with Gasteiger partial charge in [0.15, 0.2) is 0 Å². The van der Waals surface area contributed by atoms with Crippen molar-refractivity contribution in [2.45, 2.75) is 19.4 Å². The minimum atomic E-state index is 0.0150. The summed E-state index contributed by atoms with van der Waals surface area (Å²) in [5.41, 5.74) is 0.957. The summed E-state index contributed by atoms with van der Waals surface area (Å²) < 4.78 is 8.30. The second-order valence-electron chi connectivity index (χ2n) is 6.89. The number of carbonyl (C=O) groups excluding carboxylic acids is 1. The molecule has 0 aliphatic carbocycles. The van der Waals surface area contributed by atoms with Crippen LogP contribution in [0, 0.1) is 5.92 Å². The van der Waals surface area contributed by atoms with Crippen LogP contribution in [0.3, 0.4) is 0 Å². The highest BCUT2D eigenvalue weighted by Crippen LogP contribution is 2.28. The van der Waals surface area contributed by atoms with Gasteiger partial charge in [0, 0.05) is 48.0 Å². The van der Waals surface area contributed by atoms with Gasteiger partial charge in [0.05, 0.1) is 7.11 Å². The highest BCUT2D eigenvalue weighted by atomic mass is 79.9. The molecule has 0 unspecified atom stereocenters. The molecule has 1 aromatic carbocycles. The maximum Gasteiger partial charge on any atom is 0.223 e. The van der Waals surface area contributed by atoms with Crippen molar-refractivity contribution in [1.82, 2.24) is 20.1 Å². The molecule has 3 aromatic rings. The fourth-order valence-electron chi connectivity index (χ4n) is 3.45. The molecular formula is C20H22BrN5O2S. The third-order valence-corrected chi connectivity index (χ3v) is 6.55. The molecule has 3 heterocycles. The minimum absolute atomic E-state index is 0.0150. The van der Waals surface area contributed by atoms with E-state index in [9.17, 15) is 4.79 Å². The number of amides is 1. The summed E-state index contributed by atoms with van der Waals surface area (Å²) in [6, 6.07) is 9.73. The van der Waals surface area contributed by atoms with E-state index in [2.05, 4.69) is 36.3 Å². The Hall–Kier alpha value is -2.39. The van der Waals surface area contributed by atoms with E-state index in [1.165, 1.54) is 0 Å². The number of anilines is 1. The molecule has 4 rings (SSSR count). The Kier molecular flexibility index (Phi) is 6.15. The number of benzene rings is 1. The first-order chi connectivity index (χ1) is 14.1. The van der Waals surface area contributed by atoms with E-state index in [0.29, 0.717) is 6.54 Å². The molecule has 0 spiro atoms. The Morgan fingerprint density at radius 3 is 2.69 bits per heavy atom. The molecule has 0 bridgehead atoms. The van der Waals surface area contributed by atoms with Gasteiger partial charge in [-0.25, -0.2) is 0 Å². The van der Waals surface area contributed by atoms with Gasteiger partial charge in [-0.05, 0) is 43.2 Å². The molecule has 1 fully saturated rings. The van der Waals surface area contributed by atoms with Gasteiger partial charge in [0.25, 0.3) is 0 Å². The molecular weight excluding hydrogens is 454 g/mol. The van der Waals surface area contributed by atoms with Gasteiger partial charge in [0.2, 0.25) is 16.2 Å². The molecule has 1 N–H and O–H groups in total. The first kappa shape index (κ1) is 19.9. The first-order valence-electron chi connectivity index (χ1n) is 9.46. The van der Waals surface area contributed by atoms with Crippen LogP contribution in [0.4, 0.5) is 5.13 Å². The van der Waals surface area contributed by atoms with Crippen LogP contribution in [-0.2, 0) is 11.3 Å². The second-order valence-corrected chi connectivity index (χ2v) is 8.74. The third kappa shape index (κ3) is 4.62. The summed E-state index contributed by atoms with van der Waals surface area (Å²) in [5.74, 6) is 0.885. The lowest BCUT2D eigenvalue weighted by molar-refractivity contribution is -0.125. The van der Waals surface area contributed by atoms with E-state index in [-0.39, 0.29) is 11.8 Å². The number of halogens is 1. The monoisotopic (exact) mass is 475 g/mol. The maximum absolute atomic E-state index is 12.6. The van der Waals surface area contributed by atoms with Crippen LogP contribution in [0.2, 0.25) is 0 Å². The van der Waals surface area contributed by atoms with Gasteiger partial charge in [-0.15, -0.1) is 10.2 Å². The van der Waals surface area contributed by atoms with Crippen LogP contribution in [0.1, 0.15) is 18.4 Å². The van der Waals surface area contributed by atoms with E-state index < -0.39 is 0 Å². The molecule has 9 heteroatoms. The standard InChI is InChI=1S/C20H22BrN5O2S/c1-28-17-5-4-16(21)12-15(17)13-22-18(27)14-6-10-26(11-7-14)20-24-23-19(29-20)25-8-2-3-9-25/h2-5,8-9,12,14H,6-7,10-11,13H2,1H3,(H,22,27). The van der Waals surface area contributed by atoms with Crippen molar-refractivity contribution in [2.24, 2.45) is 5.92 Å². The number of rotatable bonds is 6. The Labute approximate surface area is 181 Å². The van der Waals surface area contributed by atoms with Gasteiger partial charge < -0.3 is 15.0 Å². The molecule has 0 radical (unpaired) electrons. The van der Waals surface area contributed by atoms with Crippen molar-refractivity contribution < 1.29 is 9.53 Å². The summed E-state index contributed by atoms with van der Waals surface area (Å²) in [5, 5.41) is 13.4. The van der Waals surface area contributed by atoms with E-state index in [0.717, 1.165) is 52.0 Å². The quantitative estimate of drug-likeness (QED) is 0.589. The SMILES string of the molecule is COc1ccc(Br)cc1CNC(=O)C1CCN(c2nnc(-n3cccc3)s2)CC1. The largest absolute Gasteiger partial charge is 0.496 e. The molecule has 7 nitrogen and oxygen atoms in total. The molecule has 152 valence electrons. The summed E-state index contributed by atoms with van der Waals surface area (Å²) in [7, 11) is 1.64. The van der Waals surface area contributed by atoms with Crippen LogP contribution in [0.5, 0.6) is 5.75 Å². The number of carbonyl (C=O) groups is 1. The van der Waals surface area contributed by atoms with Gasteiger partial charge in [-0.1, -0.05) is 27.3 Å². The van der Waals surface area contributed by atoms with E-state index in [4.69, 9.17) is 4.74 Å². The second kappa shape index (κ2) is 8.96. The van der Waals surface area contributed by atoms with Crippen molar-refractivity contribution in [3.05, 3.63) is 52.8 Å². The Morgan fingerprint density at radius 1 is 1.24 bits per heavy atom. The van der Waals surface area contributed by atoms with Gasteiger partial charge >= 0.3 is 0 Å². The lowest BCUT2D eigenvalue weighted by atomic mass is 9.96. The van der Waals surface area contributed by atoms with E-state index in [1.54, 1.807) is 18.4 Å². The topological polar surface area (TPSA) is 72.3 Å². The Bertz CT molecular complexity index is 967. The fraction of sp³-hybridized carbons (Fsp3) is 0.350. The summed E-state index contributed by atoms with van der Waals surface area (Å²) in [6.07, 6.45) is 5.53. The van der Waals surface area contributed by atoms with Gasteiger partial charge in [0.1, 0.15) is 5.75 Å². The Morgan fingerprint density at radius 2 is 1.97 bits per heavy atom. The van der Waals surface area contributed by atoms with E-state index in [1.807, 2.05) is 47.3 Å². The highest BCUT2D eigenvalue weighted by Gasteiger charge is 2.26. The van der Waals surface area contributed by atoms with E-state index >= 15 is 0 Å². The van der Waals surface area contributed by atoms with Gasteiger partial charge in [-0.2, -0.15) is 0 Å². The lowest BCUT2D eigenvalue weighted by Crippen LogP contribution is -2.40. The van der Waals surface area contributed by atoms with Gasteiger partial charge in [-0.3, -0.25) is 9.36 Å². The number of piperidine rings is 1. The molecule has 0 atom stereocenters. The smallest absolute Gasteiger partial charge is 0.223 e. The summed E-state index contributed by atoms with van der Waals surface area (Å²) >= 11 is 5.03. The Balaban J connectivity index is 1.30. The number of aromatic nitrogens is 3. The number of nitrogens with one attached hydrogen (secondary N) is 1.